The minimum absolute atomic E-state index is 0.0548. The molecule has 0 unspecified atom stereocenters. The van der Waals surface area contributed by atoms with Crippen molar-refractivity contribution in [1.82, 2.24) is 9.88 Å². The van der Waals surface area contributed by atoms with Crippen molar-refractivity contribution in [1.29, 1.82) is 0 Å². The number of hydrogen-bond acceptors (Lipinski definition) is 5. The molecule has 4 aromatic rings. The van der Waals surface area contributed by atoms with Crippen LogP contribution in [0.2, 0.25) is 0 Å². The monoisotopic (exact) mass is 618 g/mol. The number of rotatable bonds is 12. The predicted molar refractivity (Wildman–Crippen MR) is 164 cm³/mol. The number of aliphatic hydroxyl groups is 1. The molecule has 0 radical (unpaired) electrons. The molecule has 1 aromatic heterocycles. The molecule has 6 nitrogen and oxygen atoms in total. The Morgan fingerprint density at radius 3 is 2.47 bits per heavy atom. The molecule has 2 heterocycles. The molecule has 5 rings (SSSR count). The fourth-order valence-electron chi connectivity index (χ4n) is 6.05. The lowest BCUT2D eigenvalue weighted by atomic mass is 9.85. The second-order valence-electron chi connectivity index (χ2n) is 11.8. The summed E-state index contributed by atoms with van der Waals surface area (Å²) in [6.45, 7) is 2.40. The van der Waals surface area contributed by atoms with Gasteiger partial charge in [-0.25, -0.2) is 4.98 Å². The molecule has 1 amide bonds. The standard InChI is InChI=1S/C36H37F3N2O4/c1-24-23-45-34(40-24)31-16-8-18-41(31)35(44)28-14-7-13-27(21-28)33(43)22-29(19-25-9-3-2-4-10-25)32(42)17-6-12-26-11-5-15-30(20-26)36(37,38)39/h2-5,7,9-11,13-15,20-21,23,29,31-32,42H,6,8,12,16-19,22H2,1H3/t29-,31-,32-/m1/s1. The van der Waals surface area contributed by atoms with Crippen LogP contribution in [0.3, 0.4) is 0 Å². The van der Waals surface area contributed by atoms with E-state index in [2.05, 4.69) is 4.98 Å². The van der Waals surface area contributed by atoms with Gasteiger partial charge in [0.05, 0.1) is 17.4 Å². The van der Waals surface area contributed by atoms with Crippen molar-refractivity contribution in [2.45, 2.75) is 70.2 Å². The minimum Gasteiger partial charge on any atom is -0.446 e. The lowest BCUT2D eigenvalue weighted by Crippen LogP contribution is -2.31. The number of halogens is 3. The number of likely N-dealkylation sites (tertiary alicyclic amines) is 1. The zero-order chi connectivity index (χ0) is 32.0. The molecular formula is C36H37F3N2O4. The molecule has 1 saturated heterocycles. The van der Waals surface area contributed by atoms with Crippen LogP contribution in [-0.2, 0) is 19.0 Å². The van der Waals surface area contributed by atoms with Gasteiger partial charge in [-0.15, -0.1) is 0 Å². The van der Waals surface area contributed by atoms with Crippen LogP contribution < -0.4 is 0 Å². The summed E-state index contributed by atoms with van der Waals surface area (Å²) in [5, 5.41) is 11.2. The summed E-state index contributed by atoms with van der Waals surface area (Å²) >= 11 is 0. The number of alkyl halides is 3. The normalized spacial score (nSPS) is 16.5. The summed E-state index contributed by atoms with van der Waals surface area (Å²) < 4.78 is 45.0. The molecule has 0 aliphatic carbocycles. The lowest BCUT2D eigenvalue weighted by molar-refractivity contribution is -0.137. The molecule has 45 heavy (non-hydrogen) atoms. The summed E-state index contributed by atoms with van der Waals surface area (Å²) in [5.74, 6) is -0.296. The van der Waals surface area contributed by atoms with Crippen LogP contribution >= 0.6 is 0 Å². The van der Waals surface area contributed by atoms with E-state index in [9.17, 15) is 27.9 Å². The first-order valence-corrected chi connectivity index (χ1v) is 15.3. The first-order valence-electron chi connectivity index (χ1n) is 15.3. The average Bonchev–Trinajstić information content (AvgIpc) is 3.70. The number of aliphatic hydroxyl groups excluding tert-OH is 1. The molecule has 3 atom stereocenters. The summed E-state index contributed by atoms with van der Waals surface area (Å²) in [4.78, 5) is 33.3. The van der Waals surface area contributed by atoms with E-state index in [1.54, 1.807) is 41.5 Å². The fraction of sp³-hybridized carbons (Fsp3) is 0.361. The van der Waals surface area contributed by atoms with Crippen molar-refractivity contribution in [2.24, 2.45) is 5.92 Å². The van der Waals surface area contributed by atoms with Crippen LogP contribution in [0.1, 0.15) is 87.1 Å². The highest BCUT2D eigenvalue weighted by Crippen LogP contribution is 2.33. The van der Waals surface area contributed by atoms with Crippen molar-refractivity contribution in [3.63, 3.8) is 0 Å². The van der Waals surface area contributed by atoms with Gasteiger partial charge in [-0.3, -0.25) is 9.59 Å². The molecule has 236 valence electrons. The van der Waals surface area contributed by atoms with E-state index in [0.717, 1.165) is 36.2 Å². The lowest BCUT2D eigenvalue weighted by Gasteiger charge is -2.24. The minimum atomic E-state index is -4.41. The Hall–Kier alpha value is -4.24. The van der Waals surface area contributed by atoms with E-state index in [0.29, 0.717) is 54.8 Å². The maximum atomic E-state index is 13.6. The highest BCUT2D eigenvalue weighted by atomic mass is 19.4. The molecule has 1 aliphatic heterocycles. The van der Waals surface area contributed by atoms with E-state index in [1.807, 2.05) is 37.3 Å². The van der Waals surface area contributed by atoms with Gasteiger partial charge >= 0.3 is 6.18 Å². The molecule has 3 aromatic carbocycles. The van der Waals surface area contributed by atoms with E-state index < -0.39 is 23.8 Å². The van der Waals surface area contributed by atoms with Gasteiger partial charge in [0.15, 0.2) is 5.78 Å². The van der Waals surface area contributed by atoms with Crippen molar-refractivity contribution >= 4 is 11.7 Å². The summed E-state index contributed by atoms with van der Waals surface area (Å²) in [5.41, 5.74) is 2.36. The Morgan fingerprint density at radius 1 is 1.00 bits per heavy atom. The second kappa shape index (κ2) is 14.2. The Morgan fingerprint density at radius 2 is 1.73 bits per heavy atom. The number of aryl methyl sites for hydroxylation is 2. The molecule has 1 N–H and O–H groups in total. The molecule has 0 saturated carbocycles. The van der Waals surface area contributed by atoms with E-state index >= 15 is 0 Å². The van der Waals surface area contributed by atoms with Crippen LogP contribution in [0.25, 0.3) is 0 Å². The van der Waals surface area contributed by atoms with Gasteiger partial charge in [0.25, 0.3) is 5.91 Å². The SMILES string of the molecule is Cc1coc([C@H]2CCCN2C(=O)c2cccc(C(=O)C[C@@H](Cc3ccccc3)[C@H](O)CCCc3cccc(C(F)(F)F)c3)c2)n1. The van der Waals surface area contributed by atoms with Crippen LogP contribution in [-0.4, -0.2) is 39.3 Å². The number of aromatic nitrogens is 1. The number of benzene rings is 3. The largest absolute Gasteiger partial charge is 0.446 e. The third kappa shape index (κ3) is 8.28. The number of carbonyl (C=O) groups is 2. The molecule has 0 bridgehead atoms. The first-order chi connectivity index (χ1) is 21.6. The van der Waals surface area contributed by atoms with Crippen LogP contribution in [0.15, 0.2) is 89.5 Å². The summed E-state index contributed by atoms with van der Waals surface area (Å²) in [6, 6.07) is 21.2. The molecular weight excluding hydrogens is 581 g/mol. The highest BCUT2D eigenvalue weighted by molar-refractivity contribution is 6.00. The van der Waals surface area contributed by atoms with Crippen LogP contribution in [0.5, 0.6) is 0 Å². The van der Waals surface area contributed by atoms with Crippen molar-refractivity contribution in [2.75, 3.05) is 6.54 Å². The first kappa shape index (κ1) is 32.2. The van der Waals surface area contributed by atoms with Gasteiger partial charge in [0.1, 0.15) is 12.3 Å². The van der Waals surface area contributed by atoms with Gasteiger partial charge in [0.2, 0.25) is 5.89 Å². The zero-order valence-electron chi connectivity index (χ0n) is 25.2. The van der Waals surface area contributed by atoms with Gasteiger partial charge in [-0.05, 0) is 80.7 Å². The van der Waals surface area contributed by atoms with Crippen molar-refractivity contribution in [3.8, 4) is 0 Å². The van der Waals surface area contributed by atoms with E-state index in [4.69, 9.17) is 4.42 Å². The zero-order valence-corrected chi connectivity index (χ0v) is 25.2. The molecule has 9 heteroatoms. The predicted octanol–water partition coefficient (Wildman–Crippen LogP) is 7.79. The smallest absolute Gasteiger partial charge is 0.416 e. The molecule has 1 aliphatic rings. The van der Waals surface area contributed by atoms with Crippen molar-refractivity contribution in [3.05, 3.63) is 125 Å². The number of ketones is 1. The Labute approximate surface area is 260 Å². The third-order valence-corrected chi connectivity index (χ3v) is 8.42. The van der Waals surface area contributed by atoms with E-state index in [1.165, 1.54) is 6.07 Å². The van der Waals surface area contributed by atoms with E-state index in [-0.39, 0.29) is 24.2 Å². The number of oxazole rings is 1. The van der Waals surface area contributed by atoms with Gasteiger partial charge < -0.3 is 14.4 Å². The van der Waals surface area contributed by atoms with Crippen LogP contribution in [0, 0.1) is 12.8 Å². The summed E-state index contributed by atoms with van der Waals surface area (Å²) in [6.07, 6.45) is -0.434. The number of amides is 1. The second-order valence-corrected chi connectivity index (χ2v) is 11.8. The Balaban J connectivity index is 1.26. The maximum Gasteiger partial charge on any atom is 0.416 e. The van der Waals surface area contributed by atoms with Gasteiger partial charge in [0, 0.05) is 24.1 Å². The quantitative estimate of drug-likeness (QED) is 0.164. The van der Waals surface area contributed by atoms with Crippen molar-refractivity contribution < 1.29 is 32.3 Å². The summed E-state index contributed by atoms with van der Waals surface area (Å²) in [7, 11) is 0. The average molecular weight is 619 g/mol. The Bertz CT molecular complexity index is 1600. The van der Waals surface area contributed by atoms with Crippen LogP contribution in [0.4, 0.5) is 13.2 Å². The van der Waals surface area contributed by atoms with Gasteiger partial charge in [-0.1, -0.05) is 60.7 Å². The number of hydrogen-bond donors (Lipinski definition) is 1. The number of Topliss-reactive ketones (excluding diaryl/α,β-unsaturated/α-hetero) is 1. The number of carbonyl (C=O) groups excluding carboxylic acids is 2. The molecule has 0 spiro atoms. The highest BCUT2D eigenvalue weighted by Gasteiger charge is 2.34. The molecule has 1 fully saturated rings. The third-order valence-electron chi connectivity index (χ3n) is 8.42. The Kier molecular flexibility index (Phi) is 10.2. The van der Waals surface area contributed by atoms with Gasteiger partial charge in [-0.2, -0.15) is 13.2 Å². The number of nitrogens with zero attached hydrogens (tertiary/aromatic N) is 2. The topological polar surface area (TPSA) is 83.6 Å². The fourth-order valence-corrected chi connectivity index (χ4v) is 6.05. The maximum absolute atomic E-state index is 13.6.